The second-order valence-electron chi connectivity index (χ2n) is 3.24. The molecule has 0 aliphatic carbocycles. The standard InChI is InChI=1S/C9H11N7O/c1-16-8(4-5-11-16)12-9(17)6-2-3-7(13-10)15-14-6/h2-5H,10H2,1H3,(H,12,17)(H,13,15). The van der Waals surface area contributed by atoms with Crippen LogP contribution in [-0.2, 0) is 7.05 Å². The maximum atomic E-state index is 11.8. The van der Waals surface area contributed by atoms with Crippen LogP contribution in [0.2, 0.25) is 0 Å². The van der Waals surface area contributed by atoms with Gasteiger partial charge in [0.05, 0.1) is 6.20 Å². The first-order chi connectivity index (χ1) is 8.20. The van der Waals surface area contributed by atoms with Crippen molar-refractivity contribution < 1.29 is 4.79 Å². The number of amides is 1. The normalized spacial score (nSPS) is 10.0. The van der Waals surface area contributed by atoms with E-state index < -0.39 is 0 Å². The predicted molar refractivity (Wildman–Crippen MR) is 61.0 cm³/mol. The van der Waals surface area contributed by atoms with Crippen LogP contribution in [0.5, 0.6) is 0 Å². The summed E-state index contributed by atoms with van der Waals surface area (Å²) in [5, 5.41) is 14.0. The summed E-state index contributed by atoms with van der Waals surface area (Å²) in [6, 6.07) is 4.76. The highest BCUT2D eigenvalue weighted by atomic mass is 16.2. The Balaban J connectivity index is 2.12. The van der Waals surface area contributed by atoms with Gasteiger partial charge in [-0.25, -0.2) is 5.84 Å². The first-order valence-corrected chi connectivity index (χ1v) is 4.80. The van der Waals surface area contributed by atoms with Crippen LogP contribution in [0.15, 0.2) is 24.4 Å². The van der Waals surface area contributed by atoms with Crippen LogP contribution in [0.4, 0.5) is 11.6 Å². The minimum atomic E-state index is -0.357. The monoisotopic (exact) mass is 233 g/mol. The van der Waals surface area contributed by atoms with E-state index in [0.717, 1.165) is 0 Å². The number of nitrogens with one attached hydrogen (secondary N) is 2. The first kappa shape index (κ1) is 11.0. The van der Waals surface area contributed by atoms with Crippen LogP contribution < -0.4 is 16.6 Å². The van der Waals surface area contributed by atoms with Gasteiger partial charge in [0.2, 0.25) is 0 Å². The molecule has 0 aliphatic heterocycles. The number of nitrogen functional groups attached to an aromatic ring is 1. The fraction of sp³-hybridized carbons (Fsp3) is 0.111. The molecule has 0 bridgehead atoms. The van der Waals surface area contributed by atoms with Crippen LogP contribution in [0, 0.1) is 0 Å². The number of anilines is 2. The highest BCUT2D eigenvalue weighted by molar-refractivity contribution is 6.02. The predicted octanol–water partition coefficient (Wildman–Crippen LogP) is -0.252. The Bertz CT molecular complexity index is 518. The Morgan fingerprint density at radius 2 is 2.18 bits per heavy atom. The molecule has 2 aromatic rings. The van der Waals surface area contributed by atoms with Gasteiger partial charge in [-0.1, -0.05) is 0 Å². The van der Waals surface area contributed by atoms with Crippen molar-refractivity contribution in [3.05, 3.63) is 30.1 Å². The lowest BCUT2D eigenvalue weighted by Crippen LogP contribution is -2.17. The van der Waals surface area contributed by atoms with Crippen LogP contribution in [-0.4, -0.2) is 25.9 Å². The fourth-order valence-corrected chi connectivity index (χ4v) is 1.21. The Hall–Kier alpha value is -2.48. The summed E-state index contributed by atoms with van der Waals surface area (Å²) in [6.07, 6.45) is 1.59. The van der Waals surface area contributed by atoms with Crippen molar-refractivity contribution in [2.24, 2.45) is 12.9 Å². The van der Waals surface area contributed by atoms with Crippen molar-refractivity contribution in [1.29, 1.82) is 0 Å². The van der Waals surface area contributed by atoms with Gasteiger partial charge in [0.15, 0.2) is 11.5 Å². The Morgan fingerprint density at radius 3 is 2.71 bits per heavy atom. The highest BCUT2D eigenvalue weighted by Crippen LogP contribution is 2.06. The number of carbonyl (C=O) groups excluding carboxylic acids is 1. The third-order valence-corrected chi connectivity index (χ3v) is 2.11. The molecule has 8 nitrogen and oxygen atoms in total. The largest absolute Gasteiger partial charge is 0.307 e. The number of rotatable bonds is 3. The number of aryl methyl sites for hydroxylation is 1. The summed E-state index contributed by atoms with van der Waals surface area (Å²) in [4.78, 5) is 11.8. The van der Waals surface area contributed by atoms with E-state index in [2.05, 4.69) is 26.0 Å². The van der Waals surface area contributed by atoms with Crippen LogP contribution in [0.1, 0.15) is 10.5 Å². The minimum absolute atomic E-state index is 0.199. The maximum Gasteiger partial charge on any atom is 0.277 e. The molecule has 2 rings (SSSR count). The van der Waals surface area contributed by atoms with Crippen molar-refractivity contribution in [2.45, 2.75) is 0 Å². The molecule has 0 aromatic carbocycles. The van der Waals surface area contributed by atoms with E-state index in [4.69, 9.17) is 5.84 Å². The summed E-state index contributed by atoms with van der Waals surface area (Å²) in [5.74, 6) is 5.76. The number of hydrazine groups is 1. The van der Waals surface area contributed by atoms with E-state index >= 15 is 0 Å². The third kappa shape index (κ3) is 2.37. The van der Waals surface area contributed by atoms with Crippen molar-refractivity contribution >= 4 is 17.5 Å². The topological polar surface area (TPSA) is 111 Å². The van der Waals surface area contributed by atoms with E-state index in [1.807, 2.05) is 0 Å². The van der Waals surface area contributed by atoms with Crippen molar-refractivity contribution in [2.75, 3.05) is 10.7 Å². The number of nitrogens with two attached hydrogens (primary N) is 1. The summed E-state index contributed by atoms with van der Waals surface area (Å²) in [7, 11) is 1.72. The molecule has 0 saturated carbocycles. The van der Waals surface area contributed by atoms with Gasteiger partial charge in [-0.2, -0.15) is 5.10 Å². The molecule has 0 atom stereocenters. The Kier molecular flexibility index (Phi) is 2.97. The lowest BCUT2D eigenvalue weighted by Gasteiger charge is -2.04. The molecule has 0 spiro atoms. The number of carbonyl (C=O) groups is 1. The molecule has 0 aliphatic rings. The van der Waals surface area contributed by atoms with Crippen LogP contribution in [0.25, 0.3) is 0 Å². The summed E-state index contributed by atoms with van der Waals surface area (Å²) in [6.45, 7) is 0. The number of aromatic nitrogens is 4. The smallest absolute Gasteiger partial charge is 0.277 e. The molecular formula is C9H11N7O. The minimum Gasteiger partial charge on any atom is -0.307 e. The van der Waals surface area contributed by atoms with Gasteiger partial charge < -0.3 is 10.7 Å². The average Bonchev–Trinajstić information content (AvgIpc) is 2.75. The zero-order chi connectivity index (χ0) is 12.3. The molecule has 0 saturated heterocycles. The van der Waals surface area contributed by atoms with E-state index in [0.29, 0.717) is 11.6 Å². The van der Waals surface area contributed by atoms with E-state index in [1.165, 1.54) is 6.07 Å². The number of hydrogen-bond acceptors (Lipinski definition) is 6. The van der Waals surface area contributed by atoms with Gasteiger partial charge in [-0.3, -0.25) is 9.48 Å². The van der Waals surface area contributed by atoms with Gasteiger partial charge in [0, 0.05) is 13.1 Å². The molecule has 17 heavy (non-hydrogen) atoms. The molecule has 8 heteroatoms. The molecule has 2 heterocycles. The highest BCUT2D eigenvalue weighted by Gasteiger charge is 2.10. The fourth-order valence-electron chi connectivity index (χ4n) is 1.21. The molecule has 0 unspecified atom stereocenters. The molecule has 1 amide bonds. The molecule has 88 valence electrons. The first-order valence-electron chi connectivity index (χ1n) is 4.80. The second-order valence-corrected chi connectivity index (χ2v) is 3.24. The van der Waals surface area contributed by atoms with Crippen molar-refractivity contribution in [1.82, 2.24) is 20.0 Å². The Labute approximate surface area is 96.8 Å². The summed E-state index contributed by atoms with van der Waals surface area (Å²) < 4.78 is 1.54. The van der Waals surface area contributed by atoms with Crippen molar-refractivity contribution in [3.8, 4) is 0 Å². The van der Waals surface area contributed by atoms with Gasteiger partial charge in [0.1, 0.15) is 5.82 Å². The lowest BCUT2D eigenvalue weighted by molar-refractivity contribution is 0.102. The van der Waals surface area contributed by atoms with Gasteiger partial charge in [-0.15, -0.1) is 10.2 Å². The summed E-state index contributed by atoms with van der Waals surface area (Å²) in [5.41, 5.74) is 2.53. The molecule has 0 radical (unpaired) electrons. The third-order valence-electron chi connectivity index (χ3n) is 2.11. The van der Waals surface area contributed by atoms with Gasteiger partial charge in [0.25, 0.3) is 5.91 Å². The molecule has 2 aromatic heterocycles. The van der Waals surface area contributed by atoms with E-state index in [9.17, 15) is 4.79 Å². The van der Waals surface area contributed by atoms with Crippen molar-refractivity contribution in [3.63, 3.8) is 0 Å². The van der Waals surface area contributed by atoms with Crippen LogP contribution in [0.3, 0.4) is 0 Å². The van der Waals surface area contributed by atoms with Crippen LogP contribution >= 0.6 is 0 Å². The zero-order valence-corrected chi connectivity index (χ0v) is 9.08. The zero-order valence-electron chi connectivity index (χ0n) is 9.08. The van der Waals surface area contributed by atoms with Gasteiger partial charge >= 0.3 is 0 Å². The molecule has 4 N–H and O–H groups in total. The van der Waals surface area contributed by atoms with E-state index in [1.54, 1.807) is 30.1 Å². The van der Waals surface area contributed by atoms with Gasteiger partial charge in [-0.05, 0) is 12.1 Å². The SMILES string of the molecule is Cn1nccc1NC(=O)c1ccc(NN)nn1. The maximum absolute atomic E-state index is 11.8. The quantitative estimate of drug-likeness (QED) is 0.498. The Morgan fingerprint density at radius 1 is 1.35 bits per heavy atom. The average molecular weight is 233 g/mol. The number of hydrogen-bond donors (Lipinski definition) is 3. The number of nitrogens with zero attached hydrogens (tertiary/aromatic N) is 4. The molecular weight excluding hydrogens is 222 g/mol. The summed E-state index contributed by atoms with van der Waals surface area (Å²) >= 11 is 0. The molecule has 0 fully saturated rings. The second kappa shape index (κ2) is 4.58. The lowest BCUT2D eigenvalue weighted by atomic mass is 10.3. The van der Waals surface area contributed by atoms with E-state index in [-0.39, 0.29) is 11.6 Å².